The number of hydrogen-bond acceptors (Lipinski definition) is 3. The lowest BCUT2D eigenvalue weighted by Gasteiger charge is -2.18. The first-order valence-corrected chi connectivity index (χ1v) is 5.20. The number of aliphatic hydroxyl groups excluding tert-OH is 1. The van der Waals surface area contributed by atoms with Crippen molar-refractivity contribution in [3.05, 3.63) is 24.5 Å². The second-order valence-corrected chi connectivity index (χ2v) is 3.73. The number of aromatic nitrogens is 1. The number of urea groups is 1. The molecule has 0 aliphatic carbocycles. The van der Waals surface area contributed by atoms with Gasteiger partial charge in [0.2, 0.25) is 0 Å². The molecule has 1 aromatic rings. The SMILES string of the molecule is CC(O)CCN(C)C(=O)Nc1cccnc1. The summed E-state index contributed by atoms with van der Waals surface area (Å²) in [4.78, 5) is 17.1. The van der Waals surface area contributed by atoms with Gasteiger partial charge in [-0.1, -0.05) is 0 Å². The fraction of sp³-hybridized carbons (Fsp3) is 0.455. The van der Waals surface area contributed by atoms with Crippen LogP contribution in [0.25, 0.3) is 0 Å². The van der Waals surface area contributed by atoms with E-state index in [9.17, 15) is 4.79 Å². The van der Waals surface area contributed by atoms with Crippen molar-refractivity contribution in [1.82, 2.24) is 9.88 Å². The number of pyridine rings is 1. The van der Waals surface area contributed by atoms with Crippen molar-refractivity contribution < 1.29 is 9.90 Å². The van der Waals surface area contributed by atoms with Crippen molar-refractivity contribution >= 4 is 11.7 Å². The summed E-state index contributed by atoms with van der Waals surface area (Å²) in [6.45, 7) is 2.22. The van der Waals surface area contributed by atoms with Crippen LogP contribution in [0.3, 0.4) is 0 Å². The summed E-state index contributed by atoms with van der Waals surface area (Å²) in [5.41, 5.74) is 0.663. The van der Waals surface area contributed by atoms with Gasteiger partial charge >= 0.3 is 6.03 Å². The van der Waals surface area contributed by atoms with Gasteiger partial charge in [0.1, 0.15) is 0 Å². The fourth-order valence-corrected chi connectivity index (χ4v) is 1.14. The molecule has 1 aromatic heterocycles. The van der Waals surface area contributed by atoms with Crippen LogP contribution in [0.5, 0.6) is 0 Å². The van der Waals surface area contributed by atoms with E-state index in [1.165, 1.54) is 4.90 Å². The average molecular weight is 223 g/mol. The Hall–Kier alpha value is -1.62. The Bertz CT molecular complexity index is 327. The number of carbonyl (C=O) groups is 1. The van der Waals surface area contributed by atoms with Gasteiger partial charge in [0, 0.05) is 19.8 Å². The number of rotatable bonds is 4. The predicted octanol–water partition coefficient (Wildman–Crippen LogP) is 1.32. The van der Waals surface area contributed by atoms with Crippen molar-refractivity contribution in [1.29, 1.82) is 0 Å². The van der Waals surface area contributed by atoms with E-state index in [2.05, 4.69) is 10.3 Å². The molecule has 0 saturated carbocycles. The largest absolute Gasteiger partial charge is 0.393 e. The predicted molar refractivity (Wildman–Crippen MR) is 62.2 cm³/mol. The molecule has 0 radical (unpaired) electrons. The second kappa shape index (κ2) is 6.07. The molecule has 5 heteroatoms. The van der Waals surface area contributed by atoms with Gasteiger partial charge < -0.3 is 15.3 Å². The third-order valence-corrected chi connectivity index (χ3v) is 2.14. The van der Waals surface area contributed by atoms with E-state index in [0.717, 1.165) is 0 Å². The molecule has 0 spiro atoms. The van der Waals surface area contributed by atoms with Crippen molar-refractivity contribution in [3.8, 4) is 0 Å². The maximum Gasteiger partial charge on any atom is 0.321 e. The molecule has 88 valence electrons. The maximum atomic E-state index is 11.6. The maximum absolute atomic E-state index is 11.6. The summed E-state index contributed by atoms with van der Waals surface area (Å²) in [6.07, 6.45) is 3.40. The highest BCUT2D eigenvalue weighted by Crippen LogP contribution is 2.04. The normalized spacial score (nSPS) is 11.9. The molecule has 0 aliphatic heterocycles. The minimum atomic E-state index is -0.395. The minimum Gasteiger partial charge on any atom is -0.393 e. The van der Waals surface area contributed by atoms with Gasteiger partial charge in [-0.05, 0) is 25.5 Å². The van der Waals surface area contributed by atoms with Gasteiger partial charge in [0.25, 0.3) is 0 Å². The first-order chi connectivity index (χ1) is 7.59. The van der Waals surface area contributed by atoms with E-state index in [1.807, 2.05) is 0 Å². The Kier molecular flexibility index (Phi) is 4.72. The summed E-state index contributed by atoms with van der Waals surface area (Å²) in [5, 5.41) is 11.8. The highest BCUT2D eigenvalue weighted by atomic mass is 16.3. The monoisotopic (exact) mass is 223 g/mol. The summed E-state index contributed by atoms with van der Waals surface area (Å²) < 4.78 is 0. The van der Waals surface area contributed by atoms with E-state index in [-0.39, 0.29) is 6.03 Å². The lowest BCUT2D eigenvalue weighted by Crippen LogP contribution is -2.33. The molecule has 0 bridgehead atoms. The molecule has 1 heterocycles. The Morgan fingerprint density at radius 1 is 1.69 bits per heavy atom. The number of carbonyl (C=O) groups excluding carboxylic acids is 1. The zero-order valence-electron chi connectivity index (χ0n) is 9.55. The lowest BCUT2D eigenvalue weighted by atomic mass is 10.3. The Labute approximate surface area is 95.1 Å². The molecule has 2 N–H and O–H groups in total. The summed E-state index contributed by atoms with van der Waals surface area (Å²) >= 11 is 0. The third kappa shape index (κ3) is 4.27. The zero-order valence-corrected chi connectivity index (χ0v) is 9.55. The van der Waals surface area contributed by atoms with Crippen LogP contribution in [-0.2, 0) is 0 Å². The van der Waals surface area contributed by atoms with Gasteiger partial charge in [-0.3, -0.25) is 4.98 Å². The topological polar surface area (TPSA) is 65.5 Å². The van der Waals surface area contributed by atoms with E-state index in [0.29, 0.717) is 18.7 Å². The van der Waals surface area contributed by atoms with E-state index in [4.69, 9.17) is 5.11 Å². The average Bonchev–Trinajstić information content (AvgIpc) is 2.27. The van der Waals surface area contributed by atoms with Crippen LogP contribution in [0.15, 0.2) is 24.5 Å². The van der Waals surface area contributed by atoms with Gasteiger partial charge in [0.15, 0.2) is 0 Å². The molecule has 1 unspecified atom stereocenters. The standard InChI is InChI=1S/C11H17N3O2/c1-9(15)5-7-14(2)11(16)13-10-4-3-6-12-8-10/h3-4,6,8-9,15H,5,7H2,1-2H3,(H,13,16). The molecule has 0 saturated heterocycles. The van der Waals surface area contributed by atoms with E-state index in [1.54, 1.807) is 38.5 Å². The Morgan fingerprint density at radius 2 is 2.44 bits per heavy atom. The van der Waals surface area contributed by atoms with Gasteiger partial charge in [0.05, 0.1) is 18.0 Å². The summed E-state index contributed by atoms with van der Waals surface area (Å²) in [5.74, 6) is 0. The molecule has 5 nitrogen and oxygen atoms in total. The van der Waals surface area contributed by atoms with Gasteiger partial charge in [-0.25, -0.2) is 4.79 Å². The molecule has 16 heavy (non-hydrogen) atoms. The molecule has 0 fully saturated rings. The Morgan fingerprint density at radius 3 is 3.00 bits per heavy atom. The number of anilines is 1. The molecule has 1 rings (SSSR count). The van der Waals surface area contributed by atoms with Gasteiger partial charge in [-0.2, -0.15) is 0 Å². The van der Waals surface area contributed by atoms with Gasteiger partial charge in [-0.15, -0.1) is 0 Å². The lowest BCUT2D eigenvalue weighted by molar-refractivity contribution is 0.167. The summed E-state index contributed by atoms with van der Waals surface area (Å²) in [7, 11) is 1.69. The van der Waals surface area contributed by atoms with Crippen LogP contribution < -0.4 is 5.32 Å². The van der Waals surface area contributed by atoms with Crippen molar-refractivity contribution in [2.45, 2.75) is 19.4 Å². The zero-order chi connectivity index (χ0) is 12.0. The van der Waals surface area contributed by atoms with Crippen molar-refractivity contribution in [2.75, 3.05) is 18.9 Å². The minimum absolute atomic E-state index is 0.200. The Balaban J connectivity index is 2.40. The first kappa shape index (κ1) is 12.4. The third-order valence-electron chi connectivity index (χ3n) is 2.14. The number of nitrogens with zero attached hydrogens (tertiary/aromatic N) is 2. The molecule has 0 aliphatic rings. The van der Waals surface area contributed by atoms with Crippen LogP contribution >= 0.6 is 0 Å². The smallest absolute Gasteiger partial charge is 0.321 e. The molecule has 0 aromatic carbocycles. The first-order valence-electron chi connectivity index (χ1n) is 5.20. The van der Waals surface area contributed by atoms with Crippen LogP contribution in [0.2, 0.25) is 0 Å². The van der Waals surface area contributed by atoms with E-state index < -0.39 is 6.10 Å². The highest BCUT2D eigenvalue weighted by Gasteiger charge is 2.09. The van der Waals surface area contributed by atoms with Crippen molar-refractivity contribution in [2.24, 2.45) is 0 Å². The van der Waals surface area contributed by atoms with Crippen LogP contribution in [0, 0.1) is 0 Å². The number of hydrogen-bond donors (Lipinski definition) is 2. The van der Waals surface area contributed by atoms with Crippen LogP contribution in [-0.4, -0.2) is 40.7 Å². The fourth-order valence-electron chi connectivity index (χ4n) is 1.14. The second-order valence-electron chi connectivity index (χ2n) is 3.73. The molecular weight excluding hydrogens is 206 g/mol. The van der Waals surface area contributed by atoms with Crippen molar-refractivity contribution in [3.63, 3.8) is 0 Å². The summed E-state index contributed by atoms with van der Waals surface area (Å²) in [6, 6.07) is 3.33. The molecular formula is C11H17N3O2. The molecule has 1 atom stereocenters. The quantitative estimate of drug-likeness (QED) is 0.809. The number of nitrogens with one attached hydrogen (secondary N) is 1. The molecule has 2 amide bonds. The van der Waals surface area contributed by atoms with Crippen LogP contribution in [0.4, 0.5) is 10.5 Å². The van der Waals surface area contributed by atoms with E-state index >= 15 is 0 Å². The van der Waals surface area contributed by atoms with Crippen LogP contribution in [0.1, 0.15) is 13.3 Å². The number of amides is 2. The number of aliphatic hydroxyl groups is 1. The highest BCUT2D eigenvalue weighted by molar-refractivity contribution is 5.88.